The van der Waals surface area contributed by atoms with Crippen molar-refractivity contribution >= 4 is 33.4 Å². The lowest BCUT2D eigenvalue weighted by atomic mass is 9.69. The minimum absolute atomic E-state index is 0.159. The number of aliphatic hydroxyl groups is 2. The molecule has 1 fully saturated rings. The van der Waals surface area contributed by atoms with Crippen molar-refractivity contribution in [2.24, 2.45) is 11.1 Å². The van der Waals surface area contributed by atoms with E-state index in [1.54, 1.807) is 4.90 Å². The smallest absolute Gasteiger partial charge is 0.238 e. The van der Waals surface area contributed by atoms with E-state index < -0.39 is 40.3 Å². The highest BCUT2D eigenvalue weighted by Crippen LogP contribution is 2.46. The van der Waals surface area contributed by atoms with Gasteiger partial charge in [-0.3, -0.25) is 9.59 Å². The van der Waals surface area contributed by atoms with Crippen molar-refractivity contribution in [1.82, 2.24) is 4.90 Å². The highest BCUT2D eigenvalue weighted by Gasteiger charge is 2.53. The summed E-state index contributed by atoms with van der Waals surface area (Å²) >= 11 is 0. The summed E-state index contributed by atoms with van der Waals surface area (Å²) in [5.41, 5.74) is 6.81. The van der Waals surface area contributed by atoms with Gasteiger partial charge in [0.15, 0.2) is 0 Å². The lowest BCUT2D eigenvalue weighted by Gasteiger charge is -2.48. The summed E-state index contributed by atoms with van der Waals surface area (Å²) in [6.07, 6.45) is 3.11. The second kappa shape index (κ2) is 19.3. The molecule has 0 saturated heterocycles. The summed E-state index contributed by atoms with van der Waals surface area (Å²) in [6.45, 7) is -0.431. The monoisotopic (exact) mass is 870 g/mol. The van der Waals surface area contributed by atoms with E-state index in [2.05, 4.69) is 48.5 Å². The number of carbonyl (C=O) groups is 2. The first-order valence-corrected chi connectivity index (χ1v) is 23.3. The van der Waals surface area contributed by atoms with Crippen LogP contribution in [0, 0.1) is 5.41 Å². The molecule has 6 heteroatoms. The van der Waals surface area contributed by atoms with Gasteiger partial charge in [-0.15, -0.1) is 0 Å². The Hall–Kier alpha value is -6.86. The van der Waals surface area contributed by atoms with Crippen LogP contribution in [0.3, 0.4) is 0 Å². The van der Waals surface area contributed by atoms with E-state index in [0.29, 0.717) is 25.7 Å². The Morgan fingerprint density at radius 2 is 0.848 bits per heavy atom. The number of rotatable bonds is 16. The molecule has 4 N–H and O–H groups in total. The molecule has 2 amide bonds. The number of nitrogens with two attached hydrogens (primary N) is 1. The molecular formula is C60H58N2O4. The molecule has 1 aliphatic carbocycles. The van der Waals surface area contributed by atoms with Crippen LogP contribution in [-0.4, -0.2) is 51.2 Å². The number of amides is 2. The quantitative estimate of drug-likeness (QED) is 0.0841. The summed E-state index contributed by atoms with van der Waals surface area (Å²) in [7, 11) is 0. The summed E-state index contributed by atoms with van der Waals surface area (Å²) < 4.78 is 0. The van der Waals surface area contributed by atoms with E-state index in [1.807, 2.05) is 158 Å². The molecule has 1 aliphatic rings. The molecule has 6 nitrogen and oxygen atoms in total. The fourth-order valence-corrected chi connectivity index (χ4v) is 11.1. The average Bonchev–Trinajstić information content (AvgIpc) is 3.35. The van der Waals surface area contributed by atoms with Gasteiger partial charge < -0.3 is 20.8 Å². The van der Waals surface area contributed by atoms with Crippen LogP contribution in [0.4, 0.5) is 0 Å². The molecule has 0 bridgehead atoms. The van der Waals surface area contributed by atoms with Crippen LogP contribution in [-0.2, 0) is 22.4 Å². The van der Waals surface area contributed by atoms with Crippen molar-refractivity contribution in [1.29, 1.82) is 0 Å². The highest BCUT2D eigenvalue weighted by atomic mass is 16.3. The van der Waals surface area contributed by atoms with Crippen LogP contribution in [0.15, 0.2) is 206 Å². The number of hydrogen-bond acceptors (Lipinski definition) is 4. The van der Waals surface area contributed by atoms with Gasteiger partial charge in [-0.05, 0) is 67.8 Å². The standard InChI is InChI=1S/C60H58N2O4/c61-56(63)58(38-18-5-19-39-58)57(64)62(42-59(65,40-44-22-6-1-7-23-44)54(48-28-10-3-11-29-48)52-36-20-32-46-26-14-16-34-50(46)52)43-60(66,41-45-24-8-2-9-25-45)55(49-30-12-4-13-31-49)53-37-21-33-47-27-15-17-35-51(47)53/h1-4,6-17,20-37,54-55,65-66H,5,18-19,38-43H2,(H2,61,63). The number of nitrogens with zero attached hydrogens (tertiary/aromatic N) is 1. The average molecular weight is 871 g/mol. The van der Waals surface area contributed by atoms with Crippen LogP contribution in [0.1, 0.15) is 77.3 Å². The molecule has 4 atom stereocenters. The van der Waals surface area contributed by atoms with Gasteiger partial charge in [0.05, 0.1) is 24.3 Å². The first-order chi connectivity index (χ1) is 32.2. The van der Waals surface area contributed by atoms with Gasteiger partial charge >= 0.3 is 0 Å². The zero-order valence-corrected chi connectivity index (χ0v) is 37.4. The van der Waals surface area contributed by atoms with E-state index in [1.165, 1.54) is 0 Å². The predicted octanol–water partition coefficient (Wildman–Crippen LogP) is 11.2. The number of hydrogen-bond donors (Lipinski definition) is 3. The van der Waals surface area contributed by atoms with Crippen LogP contribution >= 0.6 is 0 Å². The lowest BCUT2D eigenvalue weighted by Crippen LogP contribution is -2.61. The summed E-state index contributed by atoms with van der Waals surface area (Å²) in [5.74, 6) is -2.46. The molecule has 0 heterocycles. The minimum Gasteiger partial charge on any atom is -0.387 e. The SMILES string of the molecule is NC(=O)C1(C(=O)N(CC(O)(Cc2ccccc2)C(c2ccccc2)c2cccc3ccccc23)CC(O)(Cc2ccccc2)C(c2ccccc2)c2cccc3ccccc23)CCCCC1. The summed E-state index contributed by atoms with van der Waals surface area (Å²) in [6, 6.07) is 68.6. The molecule has 9 rings (SSSR count). The predicted molar refractivity (Wildman–Crippen MR) is 266 cm³/mol. The fraction of sp³-hybridized carbons (Fsp3) is 0.233. The van der Waals surface area contributed by atoms with E-state index in [0.717, 1.165) is 61.3 Å². The first kappa shape index (κ1) is 44.3. The molecule has 4 unspecified atom stereocenters. The molecule has 332 valence electrons. The summed E-state index contributed by atoms with van der Waals surface area (Å²) in [5, 5.41) is 32.5. The topological polar surface area (TPSA) is 104 Å². The molecule has 0 aliphatic heterocycles. The van der Waals surface area contributed by atoms with Crippen molar-refractivity contribution in [3.63, 3.8) is 0 Å². The zero-order chi connectivity index (χ0) is 45.6. The van der Waals surface area contributed by atoms with Gasteiger partial charge in [-0.25, -0.2) is 0 Å². The van der Waals surface area contributed by atoms with E-state index in [-0.39, 0.29) is 25.9 Å². The van der Waals surface area contributed by atoms with Gasteiger partial charge in [0.25, 0.3) is 0 Å². The first-order valence-electron chi connectivity index (χ1n) is 23.3. The van der Waals surface area contributed by atoms with Crippen LogP contribution < -0.4 is 5.73 Å². The lowest BCUT2D eigenvalue weighted by molar-refractivity contribution is -0.159. The van der Waals surface area contributed by atoms with Crippen molar-refractivity contribution in [3.05, 3.63) is 240 Å². The number of primary amides is 1. The molecule has 1 saturated carbocycles. The molecule has 66 heavy (non-hydrogen) atoms. The van der Waals surface area contributed by atoms with Gasteiger partial charge in [0.2, 0.25) is 11.8 Å². The van der Waals surface area contributed by atoms with Gasteiger partial charge in [-0.2, -0.15) is 0 Å². The Kier molecular flexibility index (Phi) is 13.0. The third-order valence-electron chi connectivity index (χ3n) is 14.1. The second-order valence-corrected chi connectivity index (χ2v) is 18.5. The van der Waals surface area contributed by atoms with Crippen molar-refractivity contribution in [2.75, 3.05) is 13.1 Å². The van der Waals surface area contributed by atoms with Gasteiger partial charge in [0.1, 0.15) is 5.41 Å². The molecular weight excluding hydrogens is 813 g/mol. The Bertz CT molecular complexity index is 2710. The molecule has 0 aromatic heterocycles. The van der Waals surface area contributed by atoms with Crippen molar-refractivity contribution < 1.29 is 19.8 Å². The molecule has 0 spiro atoms. The van der Waals surface area contributed by atoms with Gasteiger partial charge in [-0.1, -0.05) is 226 Å². The third-order valence-corrected chi connectivity index (χ3v) is 14.1. The van der Waals surface area contributed by atoms with E-state index in [4.69, 9.17) is 5.73 Å². The number of fused-ring (bicyclic) bond motifs is 2. The Balaban J connectivity index is 1.30. The Labute approximate surface area is 388 Å². The third kappa shape index (κ3) is 9.04. The second-order valence-electron chi connectivity index (χ2n) is 18.5. The van der Waals surface area contributed by atoms with Crippen LogP contribution in [0.25, 0.3) is 21.5 Å². The number of benzene rings is 8. The zero-order valence-electron chi connectivity index (χ0n) is 37.4. The highest BCUT2D eigenvalue weighted by molar-refractivity contribution is 6.04. The molecule has 8 aromatic carbocycles. The largest absolute Gasteiger partial charge is 0.387 e. The Morgan fingerprint density at radius 3 is 1.26 bits per heavy atom. The van der Waals surface area contributed by atoms with Crippen LogP contribution in [0.2, 0.25) is 0 Å². The molecule has 0 radical (unpaired) electrons. The van der Waals surface area contributed by atoms with Gasteiger partial charge in [0, 0.05) is 24.7 Å². The normalized spacial score (nSPS) is 16.4. The van der Waals surface area contributed by atoms with E-state index >= 15 is 4.79 Å². The fourth-order valence-electron chi connectivity index (χ4n) is 11.1. The maximum atomic E-state index is 16.1. The Morgan fingerprint density at radius 1 is 0.485 bits per heavy atom. The maximum Gasteiger partial charge on any atom is 0.238 e. The minimum atomic E-state index is -1.70. The summed E-state index contributed by atoms with van der Waals surface area (Å²) in [4.78, 5) is 31.8. The molecule has 8 aromatic rings. The van der Waals surface area contributed by atoms with Crippen molar-refractivity contribution in [2.45, 2.75) is 68.0 Å². The number of carbonyl (C=O) groups excluding carboxylic acids is 2. The van der Waals surface area contributed by atoms with E-state index in [9.17, 15) is 15.0 Å². The van der Waals surface area contributed by atoms with Crippen LogP contribution in [0.5, 0.6) is 0 Å². The van der Waals surface area contributed by atoms with Crippen molar-refractivity contribution in [3.8, 4) is 0 Å². The maximum absolute atomic E-state index is 16.1.